The largest absolute Gasteiger partial charge is 0.494 e. The SMILES string of the molecule is CCOc1ccc(CC(=O)NCC(=O)N2CCCc3ccccc32)cc1. The van der Waals surface area contributed by atoms with Crippen LogP contribution in [0.15, 0.2) is 48.5 Å². The summed E-state index contributed by atoms with van der Waals surface area (Å²) in [4.78, 5) is 26.4. The first-order valence-corrected chi connectivity index (χ1v) is 9.04. The van der Waals surface area contributed by atoms with Gasteiger partial charge in [-0.15, -0.1) is 0 Å². The molecule has 0 spiro atoms. The Bertz CT molecular complexity index is 771. The average Bonchev–Trinajstić information content (AvgIpc) is 2.67. The maximum absolute atomic E-state index is 12.5. The van der Waals surface area contributed by atoms with E-state index in [0.717, 1.165) is 29.8 Å². The van der Waals surface area contributed by atoms with Crippen LogP contribution in [-0.4, -0.2) is 31.5 Å². The van der Waals surface area contributed by atoms with Crippen LogP contribution in [0.1, 0.15) is 24.5 Å². The summed E-state index contributed by atoms with van der Waals surface area (Å²) in [5.41, 5.74) is 3.04. The summed E-state index contributed by atoms with van der Waals surface area (Å²) in [6, 6.07) is 15.4. The zero-order chi connectivity index (χ0) is 18.4. The van der Waals surface area contributed by atoms with Crippen molar-refractivity contribution in [3.63, 3.8) is 0 Å². The molecule has 3 rings (SSSR count). The summed E-state index contributed by atoms with van der Waals surface area (Å²) in [5.74, 6) is 0.556. The van der Waals surface area contributed by atoms with Gasteiger partial charge in [0, 0.05) is 12.2 Å². The minimum atomic E-state index is -0.159. The Morgan fingerprint density at radius 3 is 2.65 bits per heavy atom. The summed E-state index contributed by atoms with van der Waals surface area (Å²) in [6.07, 6.45) is 2.18. The van der Waals surface area contributed by atoms with Gasteiger partial charge in [0.15, 0.2) is 0 Å². The predicted molar refractivity (Wildman–Crippen MR) is 101 cm³/mol. The average molecular weight is 352 g/mol. The number of amides is 2. The van der Waals surface area contributed by atoms with Crippen LogP contribution in [0.3, 0.4) is 0 Å². The first kappa shape index (κ1) is 18.0. The fourth-order valence-corrected chi connectivity index (χ4v) is 3.18. The van der Waals surface area contributed by atoms with Gasteiger partial charge < -0.3 is 15.0 Å². The fraction of sp³-hybridized carbons (Fsp3) is 0.333. The fourth-order valence-electron chi connectivity index (χ4n) is 3.18. The second kappa shape index (κ2) is 8.52. The number of rotatable bonds is 6. The number of nitrogens with zero attached hydrogens (tertiary/aromatic N) is 1. The third-order valence-electron chi connectivity index (χ3n) is 4.45. The molecule has 0 radical (unpaired) electrons. The monoisotopic (exact) mass is 352 g/mol. The molecule has 0 saturated carbocycles. The lowest BCUT2D eigenvalue weighted by Gasteiger charge is -2.29. The van der Waals surface area contributed by atoms with Gasteiger partial charge in [-0.3, -0.25) is 9.59 Å². The van der Waals surface area contributed by atoms with Crippen LogP contribution in [0.4, 0.5) is 5.69 Å². The van der Waals surface area contributed by atoms with Crippen molar-refractivity contribution in [3.05, 3.63) is 59.7 Å². The van der Waals surface area contributed by atoms with Gasteiger partial charge in [-0.25, -0.2) is 0 Å². The van der Waals surface area contributed by atoms with Crippen LogP contribution >= 0.6 is 0 Å². The van der Waals surface area contributed by atoms with E-state index < -0.39 is 0 Å². The Kier molecular flexibility index (Phi) is 5.89. The van der Waals surface area contributed by atoms with Crippen molar-refractivity contribution in [2.75, 3.05) is 24.6 Å². The molecular weight excluding hydrogens is 328 g/mol. The van der Waals surface area contributed by atoms with Crippen molar-refractivity contribution < 1.29 is 14.3 Å². The zero-order valence-corrected chi connectivity index (χ0v) is 15.0. The third kappa shape index (κ3) is 4.42. The number of hydrogen-bond donors (Lipinski definition) is 1. The summed E-state index contributed by atoms with van der Waals surface area (Å²) in [5, 5.41) is 2.74. The van der Waals surface area contributed by atoms with E-state index in [2.05, 4.69) is 11.4 Å². The van der Waals surface area contributed by atoms with E-state index in [4.69, 9.17) is 4.74 Å². The number of para-hydroxylation sites is 1. The van der Waals surface area contributed by atoms with Crippen LogP contribution in [0.2, 0.25) is 0 Å². The second-order valence-corrected chi connectivity index (χ2v) is 6.31. The molecule has 136 valence electrons. The lowest BCUT2D eigenvalue weighted by atomic mass is 10.0. The number of fused-ring (bicyclic) bond motifs is 1. The molecule has 0 aliphatic carbocycles. The van der Waals surface area contributed by atoms with Crippen molar-refractivity contribution in [3.8, 4) is 5.75 Å². The van der Waals surface area contributed by atoms with Crippen molar-refractivity contribution in [1.82, 2.24) is 5.32 Å². The minimum absolute atomic E-state index is 0.0181. The Morgan fingerprint density at radius 1 is 1.12 bits per heavy atom. The summed E-state index contributed by atoms with van der Waals surface area (Å²) >= 11 is 0. The van der Waals surface area contributed by atoms with Crippen molar-refractivity contribution in [1.29, 1.82) is 0 Å². The van der Waals surface area contributed by atoms with Crippen molar-refractivity contribution in [2.45, 2.75) is 26.2 Å². The van der Waals surface area contributed by atoms with E-state index in [0.29, 0.717) is 13.2 Å². The van der Waals surface area contributed by atoms with E-state index in [1.165, 1.54) is 5.56 Å². The number of hydrogen-bond acceptors (Lipinski definition) is 3. The quantitative estimate of drug-likeness (QED) is 0.870. The standard InChI is InChI=1S/C21H24N2O3/c1-2-26-18-11-9-16(10-12-18)14-20(24)22-15-21(25)23-13-5-7-17-6-3-4-8-19(17)23/h3-4,6,8-12H,2,5,7,13-15H2,1H3,(H,22,24). The highest BCUT2D eigenvalue weighted by molar-refractivity contribution is 5.97. The molecular formula is C21H24N2O3. The number of carbonyl (C=O) groups excluding carboxylic acids is 2. The van der Waals surface area contributed by atoms with E-state index in [1.54, 1.807) is 4.90 Å². The number of benzene rings is 2. The van der Waals surface area contributed by atoms with Gasteiger partial charge in [0.1, 0.15) is 5.75 Å². The molecule has 0 atom stereocenters. The Balaban J connectivity index is 1.52. The van der Waals surface area contributed by atoms with Gasteiger partial charge in [0.25, 0.3) is 0 Å². The molecule has 0 bridgehead atoms. The maximum atomic E-state index is 12.5. The zero-order valence-electron chi connectivity index (χ0n) is 15.0. The first-order valence-electron chi connectivity index (χ1n) is 9.04. The van der Waals surface area contributed by atoms with Gasteiger partial charge in [0.05, 0.1) is 19.6 Å². The van der Waals surface area contributed by atoms with Crippen molar-refractivity contribution in [2.24, 2.45) is 0 Å². The Morgan fingerprint density at radius 2 is 1.88 bits per heavy atom. The van der Waals surface area contributed by atoms with Crippen LogP contribution in [-0.2, 0) is 22.4 Å². The highest BCUT2D eigenvalue weighted by atomic mass is 16.5. The Hall–Kier alpha value is -2.82. The highest BCUT2D eigenvalue weighted by Gasteiger charge is 2.22. The number of aryl methyl sites for hydroxylation is 1. The number of carbonyl (C=O) groups is 2. The topological polar surface area (TPSA) is 58.6 Å². The molecule has 2 aromatic rings. The van der Waals surface area contributed by atoms with Crippen molar-refractivity contribution >= 4 is 17.5 Å². The van der Waals surface area contributed by atoms with Crippen LogP contribution < -0.4 is 15.0 Å². The van der Waals surface area contributed by atoms with Gasteiger partial charge in [0.2, 0.25) is 11.8 Å². The molecule has 2 aromatic carbocycles. The summed E-state index contributed by atoms with van der Waals surface area (Å²) < 4.78 is 5.39. The molecule has 0 fully saturated rings. The summed E-state index contributed by atoms with van der Waals surface area (Å²) in [7, 11) is 0. The number of anilines is 1. The first-order chi connectivity index (χ1) is 12.7. The van der Waals surface area contributed by atoms with E-state index in [1.807, 2.05) is 49.4 Å². The molecule has 1 aliphatic heterocycles. The van der Waals surface area contributed by atoms with E-state index in [9.17, 15) is 9.59 Å². The van der Waals surface area contributed by atoms with Gasteiger partial charge in [-0.1, -0.05) is 30.3 Å². The Labute approximate surface area is 154 Å². The van der Waals surface area contributed by atoms with Gasteiger partial charge in [-0.2, -0.15) is 0 Å². The predicted octanol–water partition coefficient (Wildman–Crippen LogP) is 2.72. The number of ether oxygens (including phenoxy) is 1. The van der Waals surface area contributed by atoms with E-state index >= 15 is 0 Å². The third-order valence-corrected chi connectivity index (χ3v) is 4.45. The normalized spacial score (nSPS) is 13.0. The molecule has 1 N–H and O–H groups in total. The highest BCUT2D eigenvalue weighted by Crippen LogP contribution is 2.26. The molecule has 26 heavy (non-hydrogen) atoms. The van der Waals surface area contributed by atoms with Crippen LogP contribution in [0, 0.1) is 0 Å². The molecule has 0 unspecified atom stereocenters. The van der Waals surface area contributed by atoms with Crippen LogP contribution in [0.5, 0.6) is 5.75 Å². The smallest absolute Gasteiger partial charge is 0.246 e. The molecule has 1 aliphatic rings. The molecule has 5 nitrogen and oxygen atoms in total. The van der Waals surface area contributed by atoms with Gasteiger partial charge >= 0.3 is 0 Å². The minimum Gasteiger partial charge on any atom is -0.494 e. The lowest BCUT2D eigenvalue weighted by molar-refractivity contribution is -0.124. The molecule has 1 heterocycles. The number of nitrogens with one attached hydrogen (secondary N) is 1. The molecule has 0 aromatic heterocycles. The van der Waals surface area contributed by atoms with E-state index in [-0.39, 0.29) is 24.8 Å². The van der Waals surface area contributed by atoms with Crippen LogP contribution in [0.25, 0.3) is 0 Å². The maximum Gasteiger partial charge on any atom is 0.246 e. The summed E-state index contributed by atoms with van der Waals surface area (Å²) in [6.45, 7) is 3.26. The molecule has 0 saturated heterocycles. The molecule has 5 heteroatoms. The second-order valence-electron chi connectivity index (χ2n) is 6.31. The van der Waals surface area contributed by atoms with Gasteiger partial charge in [-0.05, 0) is 49.1 Å². The lowest BCUT2D eigenvalue weighted by Crippen LogP contribution is -2.43. The molecule has 2 amide bonds.